The molecule has 0 bridgehead atoms. The molecule has 0 aliphatic carbocycles. The molecule has 0 saturated carbocycles. The molecule has 114 valence electrons. The van der Waals surface area contributed by atoms with Crippen molar-refractivity contribution in [2.24, 2.45) is 5.73 Å². The van der Waals surface area contributed by atoms with Gasteiger partial charge in [0.1, 0.15) is 10.7 Å². The van der Waals surface area contributed by atoms with Gasteiger partial charge in [0.2, 0.25) is 10.0 Å². The van der Waals surface area contributed by atoms with Crippen LogP contribution in [0, 0.1) is 5.82 Å². The Hall–Kier alpha value is -1.77. The van der Waals surface area contributed by atoms with Crippen molar-refractivity contribution >= 4 is 10.0 Å². The Morgan fingerprint density at radius 3 is 2.86 bits per heavy atom. The maximum atomic E-state index is 13.8. The summed E-state index contributed by atoms with van der Waals surface area (Å²) < 4.78 is 42.4. The molecule has 21 heavy (non-hydrogen) atoms. The molecule has 8 heteroatoms. The first-order valence-electron chi connectivity index (χ1n) is 6.39. The van der Waals surface area contributed by atoms with Gasteiger partial charge in [0, 0.05) is 31.5 Å². The number of nitrogens with zero attached hydrogens (tertiary/aromatic N) is 2. The number of hydrogen-bond donors (Lipinski definition) is 2. The molecule has 0 fully saturated rings. The lowest BCUT2D eigenvalue weighted by Crippen LogP contribution is -2.36. The molecule has 1 aromatic carbocycles. The van der Waals surface area contributed by atoms with Crippen LogP contribution in [0.25, 0.3) is 0 Å². The summed E-state index contributed by atoms with van der Waals surface area (Å²) in [5.41, 5.74) is 6.01. The van der Waals surface area contributed by atoms with Gasteiger partial charge in [-0.3, -0.25) is 0 Å². The van der Waals surface area contributed by atoms with Gasteiger partial charge in [-0.05, 0) is 24.6 Å². The van der Waals surface area contributed by atoms with Gasteiger partial charge in [0.05, 0.1) is 6.33 Å². The number of benzene rings is 1. The summed E-state index contributed by atoms with van der Waals surface area (Å²) in [4.78, 5) is 3.49. The number of nitrogens with one attached hydrogen (secondary N) is 1. The summed E-state index contributed by atoms with van der Waals surface area (Å²) >= 11 is 0. The Bertz CT molecular complexity index is 701. The molecular formula is C13H17FN4O2S. The van der Waals surface area contributed by atoms with Crippen molar-refractivity contribution in [3.05, 3.63) is 48.3 Å². The number of rotatable bonds is 6. The molecule has 0 spiro atoms. The maximum absolute atomic E-state index is 13.8. The summed E-state index contributed by atoms with van der Waals surface area (Å²) in [6, 6.07) is 3.41. The number of aromatic nitrogens is 2. The fourth-order valence-electron chi connectivity index (χ4n) is 1.96. The van der Waals surface area contributed by atoms with E-state index in [4.69, 9.17) is 5.73 Å². The standard InChI is InChI=1S/C13H17FN4O2S/c1-10(8-18-5-4-16-9-18)17-21(19,20)13-6-11(7-15)2-3-12(13)14/h2-6,9-10,17H,7-8,15H2,1H3. The minimum absolute atomic E-state index is 0.146. The van der Waals surface area contributed by atoms with Crippen LogP contribution in [0.1, 0.15) is 12.5 Å². The molecule has 1 heterocycles. The Kier molecular flexibility index (Phi) is 4.71. The van der Waals surface area contributed by atoms with Gasteiger partial charge in [0.25, 0.3) is 0 Å². The van der Waals surface area contributed by atoms with Crippen LogP contribution in [-0.4, -0.2) is 24.0 Å². The molecule has 3 N–H and O–H groups in total. The van der Waals surface area contributed by atoms with Gasteiger partial charge in [-0.25, -0.2) is 22.5 Å². The number of nitrogens with two attached hydrogens (primary N) is 1. The highest BCUT2D eigenvalue weighted by Gasteiger charge is 2.21. The highest BCUT2D eigenvalue weighted by molar-refractivity contribution is 7.89. The first kappa shape index (κ1) is 15.6. The third kappa shape index (κ3) is 3.87. The molecule has 6 nitrogen and oxygen atoms in total. The predicted octanol–water partition coefficient (Wildman–Crippen LogP) is 0.848. The molecule has 0 amide bonds. The second kappa shape index (κ2) is 6.33. The molecule has 2 aromatic rings. The van der Waals surface area contributed by atoms with Gasteiger partial charge in [-0.15, -0.1) is 0 Å². The summed E-state index contributed by atoms with van der Waals surface area (Å²) in [6.45, 7) is 2.24. The molecular weight excluding hydrogens is 295 g/mol. The van der Waals surface area contributed by atoms with Crippen LogP contribution in [0.3, 0.4) is 0 Å². The Morgan fingerprint density at radius 2 is 2.24 bits per heavy atom. The van der Waals surface area contributed by atoms with Crippen molar-refractivity contribution < 1.29 is 12.8 Å². The SMILES string of the molecule is CC(Cn1ccnc1)NS(=O)(=O)c1cc(CN)ccc1F. The molecule has 0 saturated heterocycles. The van der Waals surface area contributed by atoms with Crippen LogP contribution >= 0.6 is 0 Å². The van der Waals surface area contributed by atoms with E-state index in [9.17, 15) is 12.8 Å². The monoisotopic (exact) mass is 312 g/mol. The molecule has 2 rings (SSSR count). The fourth-order valence-corrected chi connectivity index (χ4v) is 3.32. The number of hydrogen-bond acceptors (Lipinski definition) is 4. The van der Waals surface area contributed by atoms with E-state index in [0.717, 1.165) is 6.07 Å². The van der Waals surface area contributed by atoms with E-state index in [-0.39, 0.29) is 11.4 Å². The maximum Gasteiger partial charge on any atom is 0.243 e. The third-order valence-electron chi connectivity index (χ3n) is 2.92. The van der Waals surface area contributed by atoms with Crippen molar-refractivity contribution in [2.75, 3.05) is 0 Å². The average Bonchev–Trinajstić information content (AvgIpc) is 2.91. The van der Waals surface area contributed by atoms with Gasteiger partial charge in [0.15, 0.2) is 0 Å². The topological polar surface area (TPSA) is 90.0 Å². The second-order valence-electron chi connectivity index (χ2n) is 4.75. The quantitative estimate of drug-likeness (QED) is 0.827. The molecule has 0 aliphatic rings. The Labute approximate surface area is 122 Å². The summed E-state index contributed by atoms with van der Waals surface area (Å²) in [6.07, 6.45) is 4.91. The van der Waals surface area contributed by atoms with Crippen LogP contribution in [0.4, 0.5) is 4.39 Å². The molecule has 0 radical (unpaired) electrons. The zero-order valence-corrected chi connectivity index (χ0v) is 12.3. The second-order valence-corrected chi connectivity index (χ2v) is 6.43. The van der Waals surface area contributed by atoms with Gasteiger partial charge >= 0.3 is 0 Å². The fraction of sp³-hybridized carbons (Fsp3) is 0.308. The van der Waals surface area contributed by atoms with E-state index in [2.05, 4.69) is 9.71 Å². The minimum atomic E-state index is -3.94. The lowest BCUT2D eigenvalue weighted by Gasteiger charge is -2.15. The summed E-state index contributed by atoms with van der Waals surface area (Å²) in [5, 5.41) is 0. The molecule has 1 atom stereocenters. The van der Waals surface area contributed by atoms with E-state index in [1.807, 2.05) is 0 Å². The van der Waals surface area contributed by atoms with Crippen LogP contribution in [0.2, 0.25) is 0 Å². The smallest absolute Gasteiger partial charge is 0.243 e. The molecule has 1 aromatic heterocycles. The van der Waals surface area contributed by atoms with Crippen LogP contribution in [0.5, 0.6) is 0 Å². The average molecular weight is 312 g/mol. The first-order chi connectivity index (χ1) is 9.92. The van der Waals surface area contributed by atoms with E-state index >= 15 is 0 Å². The largest absolute Gasteiger partial charge is 0.336 e. The van der Waals surface area contributed by atoms with Gasteiger partial charge in [-0.2, -0.15) is 0 Å². The van der Waals surface area contributed by atoms with E-state index < -0.39 is 21.9 Å². The summed E-state index contributed by atoms with van der Waals surface area (Å²) in [7, 11) is -3.94. The zero-order chi connectivity index (χ0) is 15.5. The number of halogens is 1. The minimum Gasteiger partial charge on any atom is -0.336 e. The highest BCUT2D eigenvalue weighted by atomic mass is 32.2. The summed E-state index contributed by atoms with van der Waals surface area (Å²) in [5.74, 6) is -0.797. The highest BCUT2D eigenvalue weighted by Crippen LogP contribution is 2.16. The van der Waals surface area contributed by atoms with E-state index in [1.165, 1.54) is 12.1 Å². The predicted molar refractivity (Wildman–Crippen MR) is 76.3 cm³/mol. The van der Waals surface area contributed by atoms with Crippen molar-refractivity contribution in [3.63, 3.8) is 0 Å². The van der Waals surface area contributed by atoms with E-state index in [0.29, 0.717) is 12.1 Å². The van der Waals surface area contributed by atoms with Crippen molar-refractivity contribution in [2.45, 2.75) is 31.0 Å². The van der Waals surface area contributed by atoms with Crippen molar-refractivity contribution in [1.82, 2.24) is 14.3 Å². The van der Waals surface area contributed by atoms with Crippen LogP contribution in [0.15, 0.2) is 41.8 Å². The Morgan fingerprint density at radius 1 is 1.48 bits per heavy atom. The lowest BCUT2D eigenvalue weighted by atomic mass is 10.2. The number of sulfonamides is 1. The Balaban J connectivity index is 2.18. The van der Waals surface area contributed by atoms with Crippen LogP contribution < -0.4 is 10.5 Å². The zero-order valence-electron chi connectivity index (χ0n) is 11.5. The molecule has 0 aliphatic heterocycles. The van der Waals surface area contributed by atoms with Crippen molar-refractivity contribution in [3.8, 4) is 0 Å². The first-order valence-corrected chi connectivity index (χ1v) is 7.87. The van der Waals surface area contributed by atoms with E-state index in [1.54, 1.807) is 30.2 Å². The number of imidazole rings is 1. The van der Waals surface area contributed by atoms with Gasteiger partial charge < -0.3 is 10.3 Å². The van der Waals surface area contributed by atoms with Gasteiger partial charge in [-0.1, -0.05) is 6.07 Å². The molecule has 1 unspecified atom stereocenters. The third-order valence-corrected chi connectivity index (χ3v) is 4.53. The van der Waals surface area contributed by atoms with Crippen LogP contribution in [-0.2, 0) is 23.1 Å². The van der Waals surface area contributed by atoms with Crippen molar-refractivity contribution in [1.29, 1.82) is 0 Å². The normalized spacial score (nSPS) is 13.3. The lowest BCUT2D eigenvalue weighted by molar-refractivity contribution is 0.513.